The molecular formula is C14H20FNO2. The molecule has 100 valence electrons. The van der Waals surface area contributed by atoms with Crippen LogP contribution in [-0.2, 0) is 0 Å². The van der Waals surface area contributed by atoms with Gasteiger partial charge in [-0.3, -0.25) is 0 Å². The average molecular weight is 253 g/mol. The highest BCUT2D eigenvalue weighted by atomic mass is 19.1. The van der Waals surface area contributed by atoms with E-state index in [1.165, 1.54) is 6.07 Å². The maximum absolute atomic E-state index is 13.8. The predicted octanol–water partition coefficient (Wildman–Crippen LogP) is 2.23. The second kappa shape index (κ2) is 4.86. The molecule has 1 aromatic rings. The number of rotatable bonds is 2. The van der Waals surface area contributed by atoms with Gasteiger partial charge in [0, 0.05) is 24.3 Å². The quantitative estimate of drug-likeness (QED) is 0.849. The Labute approximate surface area is 107 Å². The second-order valence-corrected chi connectivity index (χ2v) is 5.37. The normalized spacial score (nSPS) is 26.2. The third-order valence-electron chi connectivity index (χ3n) is 3.46. The summed E-state index contributed by atoms with van der Waals surface area (Å²) in [7, 11) is 0. The molecular weight excluding hydrogens is 233 g/mol. The van der Waals surface area contributed by atoms with Crippen molar-refractivity contribution in [1.82, 2.24) is 0 Å². The smallest absolute Gasteiger partial charge is 0.131 e. The van der Waals surface area contributed by atoms with Crippen LogP contribution in [0.3, 0.4) is 0 Å². The van der Waals surface area contributed by atoms with Crippen molar-refractivity contribution < 1.29 is 14.6 Å². The molecule has 0 radical (unpaired) electrons. The number of anilines is 1. The molecule has 1 heterocycles. The molecule has 3 nitrogen and oxygen atoms in total. The van der Waals surface area contributed by atoms with Crippen LogP contribution in [0.5, 0.6) is 0 Å². The Bertz CT molecular complexity index is 432. The van der Waals surface area contributed by atoms with Crippen molar-refractivity contribution in [2.75, 3.05) is 18.0 Å². The van der Waals surface area contributed by atoms with Gasteiger partial charge in [0.2, 0.25) is 0 Å². The van der Waals surface area contributed by atoms with Gasteiger partial charge in [0.25, 0.3) is 0 Å². The van der Waals surface area contributed by atoms with Gasteiger partial charge in [-0.15, -0.1) is 0 Å². The summed E-state index contributed by atoms with van der Waals surface area (Å²) in [6.07, 6.45) is 0.763. The highest BCUT2D eigenvalue weighted by Crippen LogP contribution is 2.32. The van der Waals surface area contributed by atoms with Crippen LogP contribution < -0.4 is 4.90 Å². The van der Waals surface area contributed by atoms with E-state index in [0.717, 1.165) is 19.4 Å². The number of piperidine rings is 1. The average Bonchev–Trinajstić information content (AvgIpc) is 2.26. The van der Waals surface area contributed by atoms with Crippen LogP contribution in [0.4, 0.5) is 10.1 Å². The van der Waals surface area contributed by atoms with Gasteiger partial charge in [-0.25, -0.2) is 4.39 Å². The van der Waals surface area contributed by atoms with Crippen molar-refractivity contribution >= 4 is 5.69 Å². The number of hydrogen-bond acceptors (Lipinski definition) is 3. The monoisotopic (exact) mass is 253 g/mol. The molecule has 2 N–H and O–H groups in total. The van der Waals surface area contributed by atoms with Gasteiger partial charge >= 0.3 is 0 Å². The minimum absolute atomic E-state index is 0.315. The molecule has 0 bridgehead atoms. The fourth-order valence-corrected chi connectivity index (χ4v) is 2.64. The van der Waals surface area contributed by atoms with Crippen LogP contribution in [0.15, 0.2) is 18.2 Å². The lowest BCUT2D eigenvalue weighted by Crippen LogP contribution is -2.46. The molecule has 1 saturated heterocycles. The minimum Gasteiger partial charge on any atom is -0.389 e. The summed E-state index contributed by atoms with van der Waals surface area (Å²) in [6, 6.07) is 4.79. The van der Waals surface area contributed by atoms with Crippen molar-refractivity contribution in [2.24, 2.45) is 0 Å². The molecule has 2 unspecified atom stereocenters. The second-order valence-electron chi connectivity index (χ2n) is 5.37. The summed E-state index contributed by atoms with van der Waals surface area (Å²) in [5.74, 6) is -0.396. The van der Waals surface area contributed by atoms with E-state index in [4.69, 9.17) is 0 Å². The summed E-state index contributed by atoms with van der Waals surface area (Å²) in [5, 5.41) is 19.8. The Kier molecular flexibility index (Phi) is 3.59. The zero-order chi connectivity index (χ0) is 13.3. The van der Waals surface area contributed by atoms with E-state index in [9.17, 15) is 14.6 Å². The van der Waals surface area contributed by atoms with E-state index < -0.39 is 17.5 Å². The van der Waals surface area contributed by atoms with Gasteiger partial charge in [0.1, 0.15) is 5.82 Å². The largest absolute Gasteiger partial charge is 0.389 e. The van der Waals surface area contributed by atoms with Crippen molar-refractivity contribution in [2.45, 2.75) is 38.4 Å². The summed E-state index contributed by atoms with van der Waals surface area (Å²) in [6.45, 7) is 4.60. The number of aliphatic hydroxyl groups is 2. The molecule has 1 aromatic carbocycles. The lowest BCUT2D eigenvalue weighted by Gasteiger charge is -2.39. The van der Waals surface area contributed by atoms with Gasteiger partial charge in [-0.2, -0.15) is 0 Å². The molecule has 0 amide bonds. The van der Waals surface area contributed by atoms with Crippen LogP contribution in [0.25, 0.3) is 0 Å². The van der Waals surface area contributed by atoms with Gasteiger partial charge in [0.05, 0.1) is 11.7 Å². The third-order valence-corrected chi connectivity index (χ3v) is 3.46. The van der Waals surface area contributed by atoms with E-state index in [1.807, 2.05) is 4.90 Å². The van der Waals surface area contributed by atoms with Gasteiger partial charge in [0.15, 0.2) is 0 Å². The fraction of sp³-hybridized carbons (Fsp3) is 0.571. The molecule has 0 saturated carbocycles. The Hall–Kier alpha value is -1.13. The topological polar surface area (TPSA) is 43.7 Å². The first-order valence-corrected chi connectivity index (χ1v) is 6.34. The molecule has 18 heavy (non-hydrogen) atoms. The molecule has 4 heteroatoms. The first-order valence-electron chi connectivity index (χ1n) is 6.34. The zero-order valence-electron chi connectivity index (χ0n) is 10.9. The van der Waals surface area contributed by atoms with Crippen LogP contribution in [0.1, 0.15) is 38.4 Å². The number of nitrogens with zero attached hydrogens (tertiary/aromatic N) is 1. The van der Waals surface area contributed by atoms with E-state index in [-0.39, 0.29) is 0 Å². The number of benzene rings is 1. The Morgan fingerprint density at radius 2 is 2.17 bits per heavy atom. The fourth-order valence-electron chi connectivity index (χ4n) is 2.64. The molecule has 0 aliphatic carbocycles. The summed E-state index contributed by atoms with van der Waals surface area (Å²) >= 11 is 0. The molecule has 0 spiro atoms. The van der Waals surface area contributed by atoms with E-state index in [0.29, 0.717) is 17.8 Å². The summed E-state index contributed by atoms with van der Waals surface area (Å²) in [5.41, 5.74) is 0.251. The Morgan fingerprint density at radius 3 is 2.78 bits per heavy atom. The van der Waals surface area contributed by atoms with Crippen molar-refractivity contribution in [1.29, 1.82) is 0 Å². The van der Waals surface area contributed by atoms with E-state index in [2.05, 4.69) is 0 Å². The van der Waals surface area contributed by atoms with E-state index in [1.54, 1.807) is 26.0 Å². The van der Waals surface area contributed by atoms with Crippen molar-refractivity contribution in [3.8, 4) is 0 Å². The van der Waals surface area contributed by atoms with Crippen LogP contribution in [-0.4, -0.2) is 28.9 Å². The van der Waals surface area contributed by atoms with Crippen molar-refractivity contribution in [3.05, 3.63) is 29.6 Å². The Morgan fingerprint density at radius 1 is 1.44 bits per heavy atom. The van der Waals surface area contributed by atoms with Gasteiger partial charge < -0.3 is 15.1 Å². The molecule has 0 aromatic heterocycles. The first-order chi connectivity index (χ1) is 8.41. The summed E-state index contributed by atoms with van der Waals surface area (Å²) in [4.78, 5) is 1.95. The number of β-amino-alcohol motifs (C(OH)–C–C–N with tert-alkyl or cyclic N) is 1. The van der Waals surface area contributed by atoms with Crippen molar-refractivity contribution in [3.63, 3.8) is 0 Å². The van der Waals surface area contributed by atoms with Crippen LogP contribution in [0, 0.1) is 5.82 Å². The highest BCUT2D eigenvalue weighted by molar-refractivity contribution is 5.55. The molecule has 1 fully saturated rings. The molecule has 2 rings (SSSR count). The SMILES string of the molecule is CC(O)c1c(F)cccc1N1CCCC(C)(O)C1. The molecule has 1 aliphatic rings. The lowest BCUT2D eigenvalue weighted by molar-refractivity contribution is 0.0447. The van der Waals surface area contributed by atoms with Gasteiger partial charge in [-0.1, -0.05) is 6.07 Å². The van der Waals surface area contributed by atoms with Crippen LogP contribution in [0.2, 0.25) is 0 Å². The van der Waals surface area contributed by atoms with Gasteiger partial charge in [-0.05, 0) is 38.8 Å². The van der Waals surface area contributed by atoms with E-state index >= 15 is 0 Å². The number of halogens is 1. The molecule has 1 aliphatic heterocycles. The standard InChI is InChI=1S/C14H20FNO2/c1-10(17)13-11(15)5-3-6-12(13)16-8-4-7-14(2,18)9-16/h3,5-6,10,17-18H,4,7-9H2,1-2H3. The minimum atomic E-state index is -0.854. The maximum Gasteiger partial charge on any atom is 0.131 e. The number of aliphatic hydroxyl groups excluding tert-OH is 1. The third kappa shape index (κ3) is 2.65. The lowest BCUT2D eigenvalue weighted by atomic mass is 9.93. The Balaban J connectivity index is 2.36. The van der Waals surface area contributed by atoms with Crippen LogP contribution >= 0.6 is 0 Å². The highest BCUT2D eigenvalue weighted by Gasteiger charge is 2.30. The summed E-state index contributed by atoms with van der Waals surface area (Å²) < 4.78 is 13.8. The number of hydrogen-bond donors (Lipinski definition) is 2. The molecule has 2 atom stereocenters. The zero-order valence-corrected chi connectivity index (χ0v) is 10.9. The maximum atomic E-state index is 13.8. The first kappa shape index (κ1) is 13.3. The predicted molar refractivity (Wildman–Crippen MR) is 69.1 cm³/mol.